The van der Waals surface area contributed by atoms with E-state index in [1.165, 1.54) is 7.11 Å². The lowest BCUT2D eigenvalue weighted by atomic mass is 9.93. The highest BCUT2D eigenvalue weighted by Crippen LogP contribution is 2.21. The monoisotopic (exact) mass is 238 g/mol. The van der Waals surface area contributed by atoms with E-state index in [1.54, 1.807) is 32.5 Å². The average molecular weight is 238 g/mol. The molecular weight excluding hydrogens is 220 g/mol. The molecular formula is C12H18N2O3. The molecule has 0 aliphatic heterocycles. The molecule has 94 valence electrons. The van der Waals surface area contributed by atoms with Crippen molar-refractivity contribution in [2.45, 2.75) is 12.5 Å². The van der Waals surface area contributed by atoms with Crippen LogP contribution in [0.3, 0.4) is 0 Å². The number of rotatable bonds is 6. The van der Waals surface area contributed by atoms with Crippen LogP contribution in [-0.2, 0) is 19.8 Å². The Kier molecular flexibility index (Phi) is 5.06. The Morgan fingerprint density at radius 3 is 2.82 bits per heavy atom. The van der Waals surface area contributed by atoms with Gasteiger partial charge in [0.1, 0.15) is 5.54 Å². The van der Waals surface area contributed by atoms with Gasteiger partial charge < -0.3 is 9.47 Å². The Hall–Kier alpha value is -1.46. The maximum atomic E-state index is 11.9. The second kappa shape index (κ2) is 6.32. The SMILES string of the molecule is COCCNC(C)(C(=O)OC)c1cccnc1. The van der Waals surface area contributed by atoms with E-state index < -0.39 is 5.54 Å². The van der Waals surface area contributed by atoms with Crippen LogP contribution < -0.4 is 5.32 Å². The predicted octanol–water partition coefficient (Wildman–Crippen LogP) is 0.706. The molecule has 0 aliphatic carbocycles. The lowest BCUT2D eigenvalue weighted by Crippen LogP contribution is -2.48. The normalized spacial score (nSPS) is 14.1. The Bertz CT molecular complexity index is 356. The van der Waals surface area contributed by atoms with E-state index in [-0.39, 0.29) is 5.97 Å². The highest BCUT2D eigenvalue weighted by molar-refractivity contribution is 5.81. The molecule has 0 amide bonds. The van der Waals surface area contributed by atoms with Crippen LogP contribution in [0.25, 0.3) is 0 Å². The summed E-state index contributed by atoms with van der Waals surface area (Å²) in [4.78, 5) is 15.9. The van der Waals surface area contributed by atoms with E-state index >= 15 is 0 Å². The molecule has 1 unspecified atom stereocenters. The van der Waals surface area contributed by atoms with E-state index in [0.29, 0.717) is 13.2 Å². The first-order chi connectivity index (χ1) is 8.15. The molecule has 0 spiro atoms. The van der Waals surface area contributed by atoms with Gasteiger partial charge in [0.15, 0.2) is 0 Å². The molecule has 1 N–H and O–H groups in total. The summed E-state index contributed by atoms with van der Waals surface area (Å²) in [5.74, 6) is -0.346. The molecule has 0 radical (unpaired) electrons. The van der Waals surface area contributed by atoms with Crippen molar-refractivity contribution in [2.24, 2.45) is 0 Å². The summed E-state index contributed by atoms with van der Waals surface area (Å²) in [5, 5.41) is 3.12. The zero-order chi connectivity index (χ0) is 12.7. The van der Waals surface area contributed by atoms with Crippen LogP contribution in [0.15, 0.2) is 24.5 Å². The largest absolute Gasteiger partial charge is 0.467 e. The molecule has 1 aromatic heterocycles. The van der Waals surface area contributed by atoms with Crippen molar-refractivity contribution in [3.63, 3.8) is 0 Å². The molecule has 5 heteroatoms. The van der Waals surface area contributed by atoms with Gasteiger partial charge in [-0.3, -0.25) is 10.3 Å². The first-order valence-corrected chi connectivity index (χ1v) is 5.38. The Labute approximate surface area is 101 Å². The number of hydrogen-bond donors (Lipinski definition) is 1. The number of methoxy groups -OCH3 is 2. The Morgan fingerprint density at radius 2 is 2.29 bits per heavy atom. The molecule has 1 heterocycles. The van der Waals surface area contributed by atoms with Crippen molar-refractivity contribution in [1.82, 2.24) is 10.3 Å². The lowest BCUT2D eigenvalue weighted by molar-refractivity contribution is -0.148. The number of nitrogens with one attached hydrogen (secondary N) is 1. The smallest absolute Gasteiger partial charge is 0.330 e. The van der Waals surface area contributed by atoms with Crippen molar-refractivity contribution >= 4 is 5.97 Å². The van der Waals surface area contributed by atoms with Crippen LogP contribution in [0.4, 0.5) is 0 Å². The molecule has 1 atom stereocenters. The molecule has 0 fully saturated rings. The maximum Gasteiger partial charge on any atom is 0.330 e. The summed E-state index contributed by atoms with van der Waals surface area (Å²) in [6, 6.07) is 3.62. The molecule has 5 nitrogen and oxygen atoms in total. The van der Waals surface area contributed by atoms with Crippen LogP contribution in [0.2, 0.25) is 0 Å². The molecule has 0 aliphatic rings. The highest BCUT2D eigenvalue weighted by atomic mass is 16.5. The topological polar surface area (TPSA) is 60.5 Å². The fraction of sp³-hybridized carbons (Fsp3) is 0.500. The van der Waals surface area contributed by atoms with Gasteiger partial charge in [-0.15, -0.1) is 0 Å². The minimum absolute atomic E-state index is 0.346. The first kappa shape index (κ1) is 13.6. The predicted molar refractivity (Wildman–Crippen MR) is 63.5 cm³/mol. The van der Waals surface area contributed by atoms with Crippen molar-refractivity contribution < 1.29 is 14.3 Å². The van der Waals surface area contributed by atoms with Crippen LogP contribution in [0.1, 0.15) is 12.5 Å². The quantitative estimate of drug-likeness (QED) is 0.584. The molecule has 1 aromatic rings. The van der Waals surface area contributed by atoms with Gasteiger partial charge in [0.2, 0.25) is 0 Å². The minimum atomic E-state index is -0.901. The second-order valence-electron chi connectivity index (χ2n) is 3.78. The van der Waals surface area contributed by atoms with Crippen molar-refractivity contribution in [3.8, 4) is 0 Å². The maximum absolute atomic E-state index is 11.9. The van der Waals surface area contributed by atoms with Crippen molar-refractivity contribution in [3.05, 3.63) is 30.1 Å². The van der Waals surface area contributed by atoms with E-state index in [2.05, 4.69) is 10.3 Å². The number of ether oxygens (including phenoxy) is 2. The van der Waals surface area contributed by atoms with E-state index in [0.717, 1.165) is 5.56 Å². The summed E-state index contributed by atoms with van der Waals surface area (Å²) >= 11 is 0. The number of carbonyl (C=O) groups excluding carboxylic acids is 1. The van der Waals surface area contributed by atoms with Gasteiger partial charge in [-0.05, 0) is 13.0 Å². The lowest BCUT2D eigenvalue weighted by Gasteiger charge is -2.28. The number of hydrogen-bond acceptors (Lipinski definition) is 5. The Balaban J connectivity index is 2.90. The minimum Gasteiger partial charge on any atom is -0.467 e. The van der Waals surface area contributed by atoms with E-state index in [4.69, 9.17) is 9.47 Å². The number of nitrogens with zero attached hydrogens (tertiary/aromatic N) is 1. The molecule has 0 saturated heterocycles. The van der Waals surface area contributed by atoms with Gasteiger partial charge in [0.25, 0.3) is 0 Å². The fourth-order valence-corrected chi connectivity index (χ4v) is 1.56. The molecule has 0 aromatic carbocycles. The summed E-state index contributed by atoms with van der Waals surface area (Å²) in [5.41, 5.74) is -0.135. The highest BCUT2D eigenvalue weighted by Gasteiger charge is 2.35. The number of aromatic nitrogens is 1. The van der Waals surface area contributed by atoms with Gasteiger partial charge in [0.05, 0.1) is 13.7 Å². The van der Waals surface area contributed by atoms with Gasteiger partial charge in [0, 0.05) is 31.6 Å². The van der Waals surface area contributed by atoms with Crippen molar-refractivity contribution in [2.75, 3.05) is 27.4 Å². The van der Waals surface area contributed by atoms with Crippen LogP contribution >= 0.6 is 0 Å². The van der Waals surface area contributed by atoms with Gasteiger partial charge in [-0.25, -0.2) is 4.79 Å². The molecule has 1 rings (SSSR count). The number of carbonyl (C=O) groups is 1. The number of pyridine rings is 1. The third-order valence-corrected chi connectivity index (χ3v) is 2.62. The van der Waals surface area contributed by atoms with E-state index in [1.807, 2.05) is 6.07 Å². The standard InChI is InChI=1S/C12H18N2O3/c1-12(11(15)17-3,14-7-8-16-2)10-5-4-6-13-9-10/h4-6,9,14H,7-8H2,1-3H3. The average Bonchev–Trinajstić information content (AvgIpc) is 2.39. The molecule has 0 bridgehead atoms. The van der Waals surface area contributed by atoms with Crippen LogP contribution in [0, 0.1) is 0 Å². The van der Waals surface area contributed by atoms with Crippen LogP contribution in [-0.4, -0.2) is 38.3 Å². The summed E-state index contributed by atoms with van der Waals surface area (Å²) in [7, 11) is 2.98. The number of esters is 1. The van der Waals surface area contributed by atoms with E-state index in [9.17, 15) is 4.79 Å². The third kappa shape index (κ3) is 3.25. The van der Waals surface area contributed by atoms with Crippen molar-refractivity contribution in [1.29, 1.82) is 0 Å². The van der Waals surface area contributed by atoms with Gasteiger partial charge in [-0.2, -0.15) is 0 Å². The zero-order valence-corrected chi connectivity index (χ0v) is 10.4. The van der Waals surface area contributed by atoms with Gasteiger partial charge >= 0.3 is 5.97 Å². The third-order valence-electron chi connectivity index (χ3n) is 2.62. The Morgan fingerprint density at radius 1 is 1.53 bits per heavy atom. The first-order valence-electron chi connectivity index (χ1n) is 5.38. The summed E-state index contributed by atoms with van der Waals surface area (Å²) < 4.78 is 9.79. The van der Waals surface area contributed by atoms with Gasteiger partial charge in [-0.1, -0.05) is 6.07 Å². The molecule has 17 heavy (non-hydrogen) atoms. The van der Waals surface area contributed by atoms with Crippen LogP contribution in [0.5, 0.6) is 0 Å². The second-order valence-corrected chi connectivity index (χ2v) is 3.78. The summed E-state index contributed by atoms with van der Waals surface area (Å²) in [6.45, 7) is 2.84. The molecule has 0 saturated carbocycles. The fourth-order valence-electron chi connectivity index (χ4n) is 1.56. The zero-order valence-electron chi connectivity index (χ0n) is 10.4. The summed E-state index contributed by atoms with van der Waals surface area (Å²) in [6.07, 6.45) is 3.31.